The Bertz CT molecular complexity index is 861. The summed E-state index contributed by atoms with van der Waals surface area (Å²) >= 11 is 0. The van der Waals surface area contributed by atoms with Crippen molar-refractivity contribution in [3.8, 4) is 0 Å². The summed E-state index contributed by atoms with van der Waals surface area (Å²) in [7, 11) is 0. The highest BCUT2D eigenvalue weighted by Gasteiger charge is 2.21. The fourth-order valence-corrected chi connectivity index (χ4v) is 3.86. The normalized spacial score (nSPS) is 17.4. The zero-order valence-electron chi connectivity index (χ0n) is 16.0. The van der Waals surface area contributed by atoms with Crippen LogP contribution in [0.2, 0.25) is 0 Å². The van der Waals surface area contributed by atoms with Crippen LogP contribution in [0.15, 0.2) is 48.5 Å². The summed E-state index contributed by atoms with van der Waals surface area (Å²) < 4.78 is 0. The topological polar surface area (TPSA) is 64.7 Å². The highest BCUT2D eigenvalue weighted by molar-refractivity contribution is 6.05. The number of hydrogen-bond acceptors (Lipinski definition) is 3. The van der Waals surface area contributed by atoms with Crippen LogP contribution in [-0.2, 0) is 6.54 Å². The quantitative estimate of drug-likeness (QED) is 0.838. The van der Waals surface area contributed by atoms with Gasteiger partial charge in [0, 0.05) is 36.6 Å². The molecule has 2 aromatic rings. The molecular weight excluding hydrogens is 352 g/mol. The summed E-state index contributed by atoms with van der Waals surface area (Å²) in [6.07, 6.45) is 3.86. The van der Waals surface area contributed by atoms with Gasteiger partial charge in [0.05, 0.1) is 0 Å². The minimum atomic E-state index is -0.170. The monoisotopic (exact) mass is 378 g/mol. The maximum Gasteiger partial charge on any atom is 0.321 e. The Morgan fingerprint density at radius 3 is 2.61 bits per heavy atom. The fraction of sp³-hybridized carbons (Fsp3) is 0.364. The van der Waals surface area contributed by atoms with Crippen LogP contribution >= 0.6 is 0 Å². The van der Waals surface area contributed by atoms with Crippen LogP contribution in [0.4, 0.5) is 16.2 Å². The molecule has 4 rings (SSSR count). The second kappa shape index (κ2) is 8.44. The molecule has 6 heteroatoms. The molecule has 28 heavy (non-hydrogen) atoms. The van der Waals surface area contributed by atoms with Crippen molar-refractivity contribution >= 4 is 23.3 Å². The molecule has 0 bridgehead atoms. The number of rotatable bonds is 5. The molecule has 2 saturated heterocycles. The zero-order chi connectivity index (χ0) is 19.3. The van der Waals surface area contributed by atoms with Gasteiger partial charge >= 0.3 is 6.03 Å². The molecule has 2 aliphatic rings. The maximum atomic E-state index is 12.7. The molecule has 2 fully saturated rings. The number of carbonyl (C=O) groups excluding carboxylic acids is 2. The number of anilines is 2. The number of nitrogens with zero attached hydrogens (tertiary/aromatic N) is 2. The van der Waals surface area contributed by atoms with E-state index in [1.165, 1.54) is 24.8 Å². The van der Waals surface area contributed by atoms with Crippen LogP contribution < -0.4 is 15.5 Å². The minimum Gasteiger partial charge on any atom is -0.336 e. The molecule has 0 aromatic heterocycles. The second-order valence-corrected chi connectivity index (χ2v) is 7.43. The Balaban J connectivity index is 1.43. The van der Waals surface area contributed by atoms with Gasteiger partial charge in [0.1, 0.15) is 0 Å². The van der Waals surface area contributed by atoms with E-state index < -0.39 is 0 Å². The van der Waals surface area contributed by atoms with Gasteiger partial charge in [0.15, 0.2) is 0 Å². The lowest BCUT2D eigenvalue weighted by Gasteiger charge is -2.26. The molecule has 6 nitrogen and oxygen atoms in total. The number of carbonyl (C=O) groups is 2. The molecule has 2 N–H and O–H groups in total. The number of hydrogen-bond donors (Lipinski definition) is 2. The average Bonchev–Trinajstić information content (AvgIpc) is 3.15. The number of amides is 3. The van der Waals surface area contributed by atoms with E-state index in [0.717, 1.165) is 31.0 Å². The van der Waals surface area contributed by atoms with E-state index in [2.05, 4.69) is 21.6 Å². The van der Waals surface area contributed by atoms with Crippen molar-refractivity contribution in [1.82, 2.24) is 10.2 Å². The fourth-order valence-electron chi connectivity index (χ4n) is 3.86. The lowest BCUT2D eigenvalue weighted by atomic mass is 10.1. The van der Waals surface area contributed by atoms with E-state index in [1.54, 1.807) is 17.0 Å². The summed E-state index contributed by atoms with van der Waals surface area (Å²) in [5.74, 6) is -0.170. The lowest BCUT2D eigenvalue weighted by Crippen LogP contribution is -2.29. The van der Waals surface area contributed by atoms with E-state index in [9.17, 15) is 9.59 Å². The molecule has 2 heterocycles. The Morgan fingerprint density at radius 2 is 1.82 bits per heavy atom. The molecule has 0 aliphatic carbocycles. The predicted octanol–water partition coefficient (Wildman–Crippen LogP) is 3.45. The highest BCUT2D eigenvalue weighted by Crippen LogP contribution is 2.20. The maximum absolute atomic E-state index is 12.7. The number of urea groups is 1. The number of nitrogens with one attached hydrogen (secondary N) is 2. The van der Waals surface area contributed by atoms with Gasteiger partial charge in [-0.25, -0.2) is 4.79 Å². The molecule has 0 saturated carbocycles. The van der Waals surface area contributed by atoms with Gasteiger partial charge in [-0.3, -0.25) is 14.6 Å². The van der Waals surface area contributed by atoms with Gasteiger partial charge in [0.25, 0.3) is 5.91 Å². The average molecular weight is 378 g/mol. The molecule has 3 amide bonds. The van der Waals surface area contributed by atoms with Crippen LogP contribution in [0.25, 0.3) is 0 Å². The molecule has 0 unspecified atom stereocenters. The SMILES string of the molecule is O=C(Nc1cccc(CN2CCCCC2)c1)c1cccc(N2CCNC2=O)c1. The van der Waals surface area contributed by atoms with Crippen molar-refractivity contribution in [1.29, 1.82) is 0 Å². The van der Waals surface area contributed by atoms with Crippen LogP contribution in [0, 0.1) is 0 Å². The van der Waals surface area contributed by atoms with E-state index in [-0.39, 0.29) is 11.9 Å². The van der Waals surface area contributed by atoms with Crippen molar-refractivity contribution in [3.05, 3.63) is 59.7 Å². The number of benzene rings is 2. The molecule has 2 aliphatic heterocycles. The first-order valence-corrected chi connectivity index (χ1v) is 9.97. The number of likely N-dealkylation sites (tertiary alicyclic amines) is 1. The zero-order valence-corrected chi connectivity index (χ0v) is 16.0. The van der Waals surface area contributed by atoms with Gasteiger partial charge in [-0.1, -0.05) is 24.6 Å². The van der Waals surface area contributed by atoms with Crippen molar-refractivity contribution in [2.75, 3.05) is 36.4 Å². The van der Waals surface area contributed by atoms with Crippen LogP contribution in [-0.4, -0.2) is 43.0 Å². The third-order valence-corrected chi connectivity index (χ3v) is 5.32. The molecule has 0 atom stereocenters. The van der Waals surface area contributed by atoms with Gasteiger partial charge in [-0.15, -0.1) is 0 Å². The Labute approximate surface area is 165 Å². The van der Waals surface area contributed by atoms with E-state index in [1.807, 2.05) is 30.3 Å². The van der Waals surface area contributed by atoms with Gasteiger partial charge in [0.2, 0.25) is 0 Å². The Kier molecular flexibility index (Phi) is 5.58. The molecule has 0 spiro atoms. The second-order valence-electron chi connectivity index (χ2n) is 7.43. The Hall–Kier alpha value is -2.86. The number of piperidine rings is 1. The van der Waals surface area contributed by atoms with Crippen LogP contribution in [0.1, 0.15) is 35.2 Å². The van der Waals surface area contributed by atoms with Gasteiger partial charge in [-0.2, -0.15) is 0 Å². The highest BCUT2D eigenvalue weighted by atomic mass is 16.2. The first kappa shape index (κ1) is 18.5. The van der Waals surface area contributed by atoms with E-state index in [0.29, 0.717) is 18.7 Å². The lowest BCUT2D eigenvalue weighted by molar-refractivity contribution is 0.102. The summed E-state index contributed by atoms with van der Waals surface area (Å²) in [6, 6.07) is 15.1. The van der Waals surface area contributed by atoms with Crippen LogP contribution in [0.5, 0.6) is 0 Å². The third kappa shape index (κ3) is 4.34. The summed E-state index contributed by atoms with van der Waals surface area (Å²) in [4.78, 5) is 28.7. The predicted molar refractivity (Wildman–Crippen MR) is 111 cm³/mol. The molecule has 146 valence electrons. The van der Waals surface area contributed by atoms with Crippen molar-refractivity contribution in [2.24, 2.45) is 0 Å². The minimum absolute atomic E-state index is 0.122. The van der Waals surface area contributed by atoms with E-state index >= 15 is 0 Å². The summed E-state index contributed by atoms with van der Waals surface area (Å²) in [5.41, 5.74) is 3.28. The standard InChI is InChI=1S/C22H26N4O2/c27-21(18-7-5-9-20(15-18)26-13-10-23-22(26)28)24-19-8-4-6-17(14-19)16-25-11-2-1-3-12-25/h4-9,14-15H,1-3,10-13,16H2,(H,23,28)(H,24,27). The van der Waals surface area contributed by atoms with Crippen LogP contribution in [0.3, 0.4) is 0 Å². The van der Waals surface area contributed by atoms with Gasteiger partial charge < -0.3 is 10.6 Å². The van der Waals surface area contributed by atoms with Crippen molar-refractivity contribution in [3.63, 3.8) is 0 Å². The summed E-state index contributed by atoms with van der Waals surface area (Å²) in [5, 5.41) is 5.77. The van der Waals surface area contributed by atoms with Crippen molar-refractivity contribution < 1.29 is 9.59 Å². The first-order valence-electron chi connectivity index (χ1n) is 9.97. The smallest absolute Gasteiger partial charge is 0.321 e. The molecule has 2 aromatic carbocycles. The summed E-state index contributed by atoms with van der Waals surface area (Å²) in [6.45, 7) is 4.45. The largest absolute Gasteiger partial charge is 0.336 e. The first-order chi connectivity index (χ1) is 13.7. The van der Waals surface area contributed by atoms with Gasteiger partial charge in [-0.05, 0) is 61.8 Å². The third-order valence-electron chi connectivity index (χ3n) is 5.32. The molecule has 0 radical (unpaired) electrons. The van der Waals surface area contributed by atoms with Crippen molar-refractivity contribution in [2.45, 2.75) is 25.8 Å². The van der Waals surface area contributed by atoms with E-state index in [4.69, 9.17) is 0 Å². The molecular formula is C22H26N4O2. The Morgan fingerprint density at radius 1 is 1.00 bits per heavy atom.